The van der Waals surface area contributed by atoms with Gasteiger partial charge < -0.3 is 14.4 Å². The summed E-state index contributed by atoms with van der Waals surface area (Å²) in [6.45, 7) is 2.46. The lowest BCUT2D eigenvalue weighted by Crippen LogP contribution is -2.48. The van der Waals surface area contributed by atoms with Crippen molar-refractivity contribution < 1.29 is 8.42 Å². The number of H-pyrrole nitrogens is 2. The summed E-state index contributed by atoms with van der Waals surface area (Å²) < 4.78 is 29.4. The highest BCUT2D eigenvalue weighted by atomic mass is 35.5. The van der Waals surface area contributed by atoms with Gasteiger partial charge in [0.1, 0.15) is 0 Å². The van der Waals surface area contributed by atoms with E-state index in [2.05, 4.69) is 19.9 Å². The molecule has 5 rings (SSSR count). The van der Waals surface area contributed by atoms with Crippen molar-refractivity contribution in [3.63, 3.8) is 0 Å². The van der Waals surface area contributed by atoms with Gasteiger partial charge in [-0.15, -0.1) is 0 Å². The molecule has 9 nitrogen and oxygen atoms in total. The molecule has 0 radical (unpaired) electrons. The number of imidazole rings is 2. The largest absolute Gasteiger partial charge is 0.323 e. The number of pyridine rings is 1. The van der Waals surface area contributed by atoms with E-state index in [0.29, 0.717) is 59.4 Å². The highest BCUT2D eigenvalue weighted by Crippen LogP contribution is 2.23. The second-order valence-corrected chi connectivity index (χ2v) is 10.2. The predicted molar refractivity (Wildman–Crippen MR) is 118 cm³/mol. The van der Waals surface area contributed by atoms with Gasteiger partial charge >= 0.3 is 5.69 Å². The predicted octanol–water partition coefficient (Wildman–Crippen LogP) is 2.32. The van der Waals surface area contributed by atoms with Crippen molar-refractivity contribution in [1.29, 1.82) is 0 Å². The highest BCUT2D eigenvalue weighted by molar-refractivity contribution is 7.89. The van der Waals surface area contributed by atoms with Crippen LogP contribution >= 0.6 is 23.2 Å². The molecule has 1 saturated heterocycles. The fourth-order valence-corrected chi connectivity index (χ4v) is 5.81. The summed E-state index contributed by atoms with van der Waals surface area (Å²) in [5.74, 6) is 0. The topological polar surface area (TPSA) is 107 Å². The molecule has 0 atom stereocenters. The Balaban J connectivity index is 1.29. The molecular weight excluding hydrogens is 463 g/mol. The lowest BCUT2D eigenvalue weighted by atomic mass is 10.3. The number of nitrogens with one attached hydrogen (secondary N) is 2. The monoisotopic (exact) mass is 480 g/mol. The lowest BCUT2D eigenvalue weighted by Gasteiger charge is -2.33. The van der Waals surface area contributed by atoms with Crippen LogP contribution in [-0.4, -0.2) is 63.2 Å². The molecule has 0 spiro atoms. The maximum Gasteiger partial charge on any atom is 0.323 e. The van der Waals surface area contributed by atoms with Gasteiger partial charge in [0.15, 0.2) is 5.65 Å². The first kappa shape index (κ1) is 20.5. The molecule has 0 unspecified atom stereocenters. The van der Waals surface area contributed by atoms with Gasteiger partial charge in [-0.2, -0.15) is 4.31 Å². The second-order valence-electron chi connectivity index (χ2n) is 7.44. The van der Waals surface area contributed by atoms with E-state index in [-0.39, 0.29) is 10.6 Å². The van der Waals surface area contributed by atoms with Crippen LogP contribution in [-0.2, 0) is 16.6 Å². The van der Waals surface area contributed by atoms with Crippen LogP contribution in [0, 0.1) is 0 Å². The van der Waals surface area contributed by atoms with Crippen LogP contribution < -0.4 is 5.69 Å². The van der Waals surface area contributed by atoms with Crippen molar-refractivity contribution in [1.82, 2.24) is 28.6 Å². The summed E-state index contributed by atoms with van der Waals surface area (Å²) in [5.41, 5.74) is 2.15. The smallest absolute Gasteiger partial charge is 0.306 e. The number of aromatic amines is 2. The molecule has 0 bridgehead atoms. The number of benzene rings is 1. The van der Waals surface area contributed by atoms with Gasteiger partial charge in [-0.1, -0.05) is 23.2 Å². The Labute approximate surface area is 187 Å². The third-order valence-electron chi connectivity index (χ3n) is 5.36. The summed E-state index contributed by atoms with van der Waals surface area (Å²) in [6.07, 6.45) is 3.63. The fraction of sp³-hybridized carbons (Fsp3) is 0.263. The summed E-state index contributed by atoms with van der Waals surface area (Å²) in [4.78, 5) is 23.5. The summed E-state index contributed by atoms with van der Waals surface area (Å²) in [7, 11) is -3.65. The van der Waals surface area contributed by atoms with Gasteiger partial charge in [0, 0.05) is 45.1 Å². The number of sulfonamides is 1. The number of halogens is 2. The first-order chi connectivity index (χ1) is 14.8. The molecule has 1 aromatic carbocycles. The van der Waals surface area contributed by atoms with Crippen molar-refractivity contribution >= 4 is 49.9 Å². The minimum absolute atomic E-state index is 0.163. The third-order valence-corrected chi connectivity index (χ3v) is 7.74. The Hall–Kier alpha value is -2.37. The molecule has 0 aliphatic carbocycles. The number of hydrogen-bond acceptors (Lipinski definition) is 5. The zero-order valence-corrected chi connectivity index (χ0v) is 18.5. The average Bonchev–Trinajstić information content (AvgIpc) is 3.29. The quantitative estimate of drug-likeness (QED) is 0.466. The van der Waals surface area contributed by atoms with Crippen molar-refractivity contribution in [2.45, 2.75) is 11.4 Å². The van der Waals surface area contributed by atoms with Gasteiger partial charge in [0.05, 0.1) is 31.7 Å². The zero-order chi connectivity index (χ0) is 21.8. The lowest BCUT2D eigenvalue weighted by molar-refractivity contribution is 0.180. The first-order valence-electron chi connectivity index (χ1n) is 9.57. The van der Waals surface area contributed by atoms with E-state index in [9.17, 15) is 13.2 Å². The number of rotatable bonds is 4. The third kappa shape index (κ3) is 3.85. The summed E-state index contributed by atoms with van der Waals surface area (Å²) in [5, 5.41) is 1.01. The normalized spacial score (nSPS) is 16.5. The molecule has 162 valence electrons. The molecule has 4 heterocycles. The van der Waals surface area contributed by atoms with E-state index in [0.717, 1.165) is 5.69 Å². The summed E-state index contributed by atoms with van der Waals surface area (Å²) in [6, 6.07) is 6.25. The molecule has 1 fully saturated rings. The van der Waals surface area contributed by atoms with Crippen LogP contribution in [0.25, 0.3) is 16.7 Å². The van der Waals surface area contributed by atoms with Crippen LogP contribution in [0.1, 0.15) is 5.69 Å². The molecule has 2 N–H and O–H groups in total. The fourth-order valence-electron chi connectivity index (χ4n) is 3.83. The van der Waals surface area contributed by atoms with E-state index in [1.165, 1.54) is 16.4 Å². The molecule has 3 aromatic heterocycles. The van der Waals surface area contributed by atoms with E-state index in [1.54, 1.807) is 22.7 Å². The van der Waals surface area contributed by atoms with Crippen LogP contribution in [0.2, 0.25) is 10.0 Å². The first-order valence-corrected chi connectivity index (χ1v) is 11.8. The average molecular weight is 481 g/mol. The SMILES string of the molecule is O=c1[nH]c2ccc(S(=O)(=O)N3CCN(Cc4cn5cc(Cl)cc(Cl)c5n4)CC3)cc2[nH]1. The summed E-state index contributed by atoms with van der Waals surface area (Å²) >= 11 is 12.3. The Bertz CT molecular complexity index is 1450. The van der Waals surface area contributed by atoms with E-state index in [1.807, 2.05) is 6.20 Å². The molecule has 0 saturated carbocycles. The number of aromatic nitrogens is 4. The Morgan fingerprint density at radius 2 is 1.74 bits per heavy atom. The Morgan fingerprint density at radius 1 is 1.00 bits per heavy atom. The second kappa shape index (κ2) is 7.64. The number of piperazine rings is 1. The number of hydrogen-bond donors (Lipinski definition) is 2. The van der Waals surface area contributed by atoms with Crippen LogP contribution in [0.4, 0.5) is 0 Å². The molecule has 31 heavy (non-hydrogen) atoms. The molecule has 1 aliphatic heterocycles. The van der Waals surface area contributed by atoms with Crippen molar-refractivity contribution in [2.24, 2.45) is 0 Å². The van der Waals surface area contributed by atoms with Crippen LogP contribution in [0.3, 0.4) is 0 Å². The molecule has 1 aliphatic rings. The number of nitrogens with zero attached hydrogens (tertiary/aromatic N) is 4. The maximum absolute atomic E-state index is 13.1. The maximum atomic E-state index is 13.1. The molecule has 12 heteroatoms. The molecule has 4 aromatic rings. The Kier molecular flexibility index (Phi) is 5.06. The standard InChI is InChI=1S/C19H18Cl2N6O3S/c20-12-7-15(21)18-22-13(11-26(18)9-12)10-25-3-5-27(6-4-25)31(29,30)14-1-2-16-17(8-14)24-19(28)23-16/h1-2,7-9,11H,3-6,10H2,(H2,23,24,28). The van der Waals surface area contributed by atoms with Crippen LogP contribution in [0.5, 0.6) is 0 Å². The van der Waals surface area contributed by atoms with Gasteiger partial charge in [-0.3, -0.25) is 4.90 Å². The minimum Gasteiger partial charge on any atom is -0.306 e. The minimum atomic E-state index is -3.65. The van der Waals surface area contributed by atoms with E-state index >= 15 is 0 Å². The highest BCUT2D eigenvalue weighted by Gasteiger charge is 2.29. The van der Waals surface area contributed by atoms with Gasteiger partial charge in [0.25, 0.3) is 0 Å². The van der Waals surface area contributed by atoms with Crippen LogP contribution in [0.15, 0.2) is 46.3 Å². The van der Waals surface area contributed by atoms with Crippen molar-refractivity contribution in [3.05, 3.63) is 62.9 Å². The van der Waals surface area contributed by atoms with E-state index < -0.39 is 10.0 Å². The van der Waals surface area contributed by atoms with Gasteiger partial charge in [-0.25, -0.2) is 18.2 Å². The number of fused-ring (bicyclic) bond motifs is 2. The van der Waals surface area contributed by atoms with Gasteiger partial charge in [0.2, 0.25) is 10.0 Å². The molecule has 0 amide bonds. The van der Waals surface area contributed by atoms with Crippen molar-refractivity contribution in [2.75, 3.05) is 26.2 Å². The van der Waals surface area contributed by atoms with Crippen molar-refractivity contribution in [3.8, 4) is 0 Å². The van der Waals surface area contributed by atoms with Gasteiger partial charge in [-0.05, 0) is 24.3 Å². The van der Waals surface area contributed by atoms with E-state index in [4.69, 9.17) is 23.2 Å². The Morgan fingerprint density at radius 3 is 2.52 bits per heavy atom. The molecular formula is C19H18Cl2N6O3S. The zero-order valence-electron chi connectivity index (χ0n) is 16.2.